The van der Waals surface area contributed by atoms with E-state index in [4.69, 9.17) is 0 Å². The van der Waals surface area contributed by atoms with Crippen LogP contribution < -0.4 is 0 Å². The van der Waals surface area contributed by atoms with Crippen LogP contribution in [0.15, 0.2) is 54.6 Å². The fourth-order valence-corrected chi connectivity index (χ4v) is 4.40. The second kappa shape index (κ2) is 4.23. The summed E-state index contributed by atoms with van der Waals surface area (Å²) in [5.41, 5.74) is 5.24. The van der Waals surface area contributed by atoms with E-state index in [0.29, 0.717) is 11.3 Å². The van der Waals surface area contributed by atoms with Crippen molar-refractivity contribution in [3.8, 4) is 0 Å². The fraction of sp³-hybridized carbons (Fsp3) is 0.368. The normalized spacial score (nSPS) is 23.7. The van der Waals surface area contributed by atoms with Crippen LogP contribution in [-0.4, -0.2) is 0 Å². The van der Waals surface area contributed by atoms with E-state index in [2.05, 4.69) is 54.6 Å². The van der Waals surface area contributed by atoms with Crippen molar-refractivity contribution in [3.63, 3.8) is 0 Å². The van der Waals surface area contributed by atoms with Crippen LogP contribution in [0.5, 0.6) is 0 Å². The minimum absolute atomic E-state index is 0.497. The summed E-state index contributed by atoms with van der Waals surface area (Å²) in [6, 6.07) is 20.3. The molecule has 1 atom stereocenters. The van der Waals surface area contributed by atoms with E-state index >= 15 is 0 Å². The fourth-order valence-electron chi connectivity index (χ4n) is 4.40. The second-order valence-electron chi connectivity index (χ2n) is 6.24. The smallest absolute Gasteiger partial charge is 0.0101 e. The molecule has 0 heteroatoms. The van der Waals surface area contributed by atoms with Crippen molar-refractivity contribution in [2.24, 2.45) is 0 Å². The molecule has 1 unspecified atom stereocenters. The minimum atomic E-state index is 0.497. The van der Waals surface area contributed by atoms with E-state index in [9.17, 15) is 0 Å². The maximum Gasteiger partial charge on any atom is 0.0101 e. The van der Waals surface area contributed by atoms with Gasteiger partial charge in [0.1, 0.15) is 0 Å². The minimum Gasteiger partial charge on any atom is -0.0622 e. The summed E-state index contributed by atoms with van der Waals surface area (Å²) in [5.74, 6) is 0.621. The molecule has 0 N–H and O–H groups in total. The van der Waals surface area contributed by atoms with Crippen LogP contribution in [0.4, 0.5) is 0 Å². The van der Waals surface area contributed by atoms with Gasteiger partial charge in [-0.05, 0) is 41.4 Å². The molecule has 0 amide bonds. The van der Waals surface area contributed by atoms with Crippen LogP contribution >= 0.6 is 0 Å². The molecule has 0 saturated heterocycles. The average molecular weight is 248 g/mol. The molecule has 2 aliphatic rings. The van der Waals surface area contributed by atoms with Gasteiger partial charge < -0.3 is 0 Å². The summed E-state index contributed by atoms with van der Waals surface area (Å²) in [5, 5.41) is 0. The monoisotopic (exact) mass is 248 g/mol. The zero-order valence-corrected chi connectivity index (χ0v) is 11.3. The van der Waals surface area contributed by atoms with Gasteiger partial charge in [-0.25, -0.2) is 0 Å². The third-order valence-corrected chi connectivity index (χ3v) is 5.27. The topological polar surface area (TPSA) is 0 Å². The zero-order valence-electron chi connectivity index (χ0n) is 11.3. The molecule has 1 saturated carbocycles. The van der Waals surface area contributed by atoms with Crippen LogP contribution in [0.1, 0.15) is 54.7 Å². The Hall–Kier alpha value is -1.56. The maximum atomic E-state index is 2.39. The summed E-state index contributed by atoms with van der Waals surface area (Å²) < 4.78 is 0. The van der Waals surface area contributed by atoms with Crippen LogP contribution in [0.3, 0.4) is 0 Å². The Labute approximate surface area is 115 Å². The largest absolute Gasteiger partial charge is 0.0622 e. The van der Waals surface area contributed by atoms with Crippen LogP contribution in [0.2, 0.25) is 0 Å². The number of hydrogen-bond donors (Lipinski definition) is 0. The van der Waals surface area contributed by atoms with Crippen molar-refractivity contribution in [2.75, 3.05) is 0 Å². The van der Waals surface area contributed by atoms with Crippen LogP contribution in [-0.2, 0) is 5.41 Å². The molecule has 96 valence electrons. The van der Waals surface area contributed by atoms with Gasteiger partial charge >= 0.3 is 0 Å². The molecule has 0 heterocycles. The summed E-state index contributed by atoms with van der Waals surface area (Å²) in [6.45, 7) is 0. The second-order valence-corrected chi connectivity index (χ2v) is 6.24. The van der Waals surface area contributed by atoms with Gasteiger partial charge in [0.25, 0.3) is 0 Å². The summed E-state index contributed by atoms with van der Waals surface area (Å²) >= 11 is 0. The summed E-state index contributed by atoms with van der Waals surface area (Å²) in [7, 11) is 0. The average Bonchev–Trinajstić information content (AvgIpc) is 3.08. The summed E-state index contributed by atoms with van der Waals surface area (Å²) in [4.78, 5) is 0. The van der Waals surface area contributed by atoms with Gasteiger partial charge in [0, 0.05) is 5.92 Å². The van der Waals surface area contributed by atoms with Crippen molar-refractivity contribution >= 4 is 0 Å². The van der Waals surface area contributed by atoms with Crippen molar-refractivity contribution in [3.05, 3.63) is 71.3 Å². The molecular weight excluding hydrogens is 228 g/mol. The van der Waals surface area contributed by atoms with Gasteiger partial charge in [0.05, 0.1) is 0 Å². The molecule has 0 aromatic heterocycles. The van der Waals surface area contributed by atoms with Gasteiger partial charge in [0.2, 0.25) is 0 Å². The Morgan fingerprint density at radius 3 is 2.26 bits per heavy atom. The third kappa shape index (κ3) is 1.66. The number of fused-ring (bicyclic) bond motifs is 2. The van der Waals surface area contributed by atoms with E-state index in [1.807, 2.05) is 0 Å². The predicted octanol–water partition coefficient (Wildman–Crippen LogP) is 5.03. The van der Waals surface area contributed by atoms with E-state index in [0.717, 1.165) is 0 Å². The van der Waals surface area contributed by atoms with Gasteiger partial charge in [-0.15, -0.1) is 0 Å². The number of benzene rings is 2. The Kier molecular flexibility index (Phi) is 2.51. The van der Waals surface area contributed by atoms with E-state index in [-0.39, 0.29) is 0 Å². The van der Waals surface area contributed by atoms with E-state index < -0.39 is 0 Å². The molecule has 0 bridgehead atoms. The van der Waals surface area contributed by atoms with Crippen molar-refractivity contribution in [1.82, 2.24) is 0 Å². The van der Waals surface area contributed by atoms with E-state index in [1.165, 1.54) is 37.7 Å². The number of hydrogen-bond acceptors (Lipinski definition) is 0. The van der Waals surface area contributed by atoms with Gasteiger partial charge in [-0.2, -0.15) is 0 Å². The SMILES string of the molecule is c1ccc(C2CC3(CCCC3)c3ccccc32)cc1. The lowest BCUT2D eigenvalue weighted by Gasteiger charge is -2.24. The Balaban J connectivity index is 1.84. The van der Waals surface area contributed by atoms with Gasteiger partial charge in [-0.3, -0.25) is 0 Å². The van der Waals surface area contributed by atoms with Crippen molar-refractivity contribution < 1.29 is 0 Å². The molecular formula is C19H20. The highest BCUT2D eigenvalue weighted by molar-refractivity contribution is 5.48. The molecule has 0 aliphatic heterocycles. The first-order chi connectivity index (χ1) is 9.39. The molecule has 0 nitrogen and oxygen atoms in total. The van der Waals surface area contributed by atoms with E-state index in [1.54, 1.807) is 11.1 Å². The predicted molar refractivity (Wildman–Crippen MR) is 79.5 cm³/mol. The van der Waals surface area contributed by atoms with Crippen molar-refractivity contribution in [2.45, 2.75) is 43.4 Å². The molecule has 4 rings (SSSR count). The Morgan fingerprint density at radius 1 is 0.789 bits per heavy atom. The lowest BCUT2D eigenvalue weighted by molar-refractivity contribution is 0.423. The quantitative estimate of drug-likeness (QED) is 0.663. The molecule has 2 aromatic carbocycles. The standard InChI is InChI=1S/C19H20/c1-2-8-15(9-3-1)17-14-19(12-6-7-13-19)18-11-5-4-10-16(17)18/h1-5,8-11,17H,6-7,12-14H2. The Morgan fingerprint density at radius 2 is 1.47 bits per heavy atom. The zero-order chi connectivity index (χ0) is 12.7. The highest BCUT2D eigenvalue weighted by Gasteiger charge is 2.45. The maximum absolute atomic E-state index is 2.39. The van der Waals surface area contributed by atoms with Crippen LogP contribution in [0.25, 0.3) is 0 Å². The lowest BCUT2D eigenvalue weighted by Crippen LogP contribution is -2.18. The highest BCUT2D eigenvalue weighted by Crippen LogP contribution is 2.56. The highest BCUT2D eigenvalue weighted by atomic mass is 14.5. The first-order valence-electron chi connectivity index (χ1n) is 7.53. The van der Waals surface area contributed by atoms with Gasteiger partial charge in [-0.1, -0.05) is 67.4 Å². The van der Waals surface area contributed by atoms with Crippen molar-refractivity contribution in [1.29, 1.82) is 0 Å². The lowest BCUT2D eigenvalue weighted by atomic mass is 9.79. The summed E-state index contributed by atoms with van der Waals surface area (Å²) in [6.07, 6.45) is 6.95. The van der Waals surface area contributed by atoms with Crippen LogP contribution in [0, 0.1) is 0 Å². The Bertz CT molecular complexity index is 576. The third-order valence-electron chi connectivity index (χ3n) is 5.27. The number of rotatable bonds is 1. The van der Waals surface area contributed by atoms with Gasteiger partial charge in [0.15, 0.2) is 0 Å². The molecule has 2 aromatic rings. The molecule has 19 heavy (non-hydrogen) atoms. The first kappa shape index (κ1) is 11.3. The molecule has 1 spiro atoms. The molecule has 1 fully saturated rings. The molecule has 2 aliphatic carbocycles. The molecule has 0 radical (unpaired) electrons. The first-order valence-corrected chi connectivity index (χ1v) is 7.53.